The Morgan fingerprint density at radius 1 is 1.38 bits per heavy atom. The lowest BCUT2D eigenvalue weighted by Gasteiger charge is -2.11. The molecule has 0 saturated heterocycles. The number of hydrogen-bond acceptors (Lipinski definition) is 3. The molecule has 1 aromatic heterocycles. The van der Waals surface area contributed by atoms with E-state index in [0.717, 1.165) is 29.8 Å². The van der Waals surface area contributed by atoms with Crippen molar-refractivity contribution < 1.29 is 4.74 Å². The van der Waals surface area contributed by atoms with Gasteiger partial charge in [-0.25, -0.2) is 4.98 Å². The molecule has 1 heterocycles. The van der Waals surface area contributed by atoms with Gasteiger partial charge in [0.15, 0.2) is 0 Å². The van der Waals surface area contributed by atoms with Gasteiger partial charge in [0.2, 0.25) is 0 Å². The van der Waals surface area contributed by atoms with Gasteiger partial charge in [-0.15, -0.1) is 0 Å². The summed E-state index contributed by atoms with van der Waals surface area (Å²) in [5.41, 5.74) is 1.76. The third kappa shape index (κ3) is 3.28. The van der Waals surface area contributed by atoms with Crippen LogP contribution in [-0.4, -0.2) is 16.1 Å². The number of nitrogens with zero attached hydrogens (tertiary/aromatic N) is 1. The van der Waals surface area contributed by atoms with Crippen molar-refractivity contribution in [3.8, 4) is 17.1 Å². The van der Waals surface area contributed by atoms with Gasteiger partial charge in [0, 0.05) is 11.5 Å². The van der Waals surface area contributed by atoms with Crippen LogP contribution in [0.3, 0.4) is 0 Å². The number of halogens is 1. The third-order valence-corrected chi connectivity index (χ3v) is 4.37. The van der Waals surface area contributed by atoms with Crippen LogP contribution in [0.15, 0.2) is 29.1 Å². The average molecular weight is 396 g/mol. The van der Waals surface area contributed by atoms with Crippen molar-refractivity contribution in [1.29, 1.82) is 0 Å². The summed E-state index contributed by atoms with van der Waals surface area (Å²) >= 11 is 2.09. The summed E-state index contributed by atoms with van der Waals surface area (Å²) < 4.78 is 6.42. The van der Waals surface area contributed by atoms with Crippen LogP contribution in [0, 0.1) is 3.57 Å². The van der Waals surface area contributed by atoms with Crippen molar-refractivity contribution >= 4 is 22.6 Å². The Kier molecular flexibility index (Phi) is 4.01. The van der Waals surface area contributed by atoms with Gasteiger partial charge >= 0.3 is 0 Å². The molecule has 1 aliphatic carbocycles. The number of aromatic amines is 1. The molecule has 1 fully saturated rings. The molecule has 1 aromatic carbocycles. The molecule has 110 valence electrons. The first-order valence-corrected chi connectivity index (χ1v) is 8.19. The van der Waals surface area contributed by atoms with Gasteiger partial charge in [-0.1, -0.05) is 12.1 Å². The topological polar surface area (TPSA) is 55.0 Å². The number of ether oxygens (including phenoxy) is 1. The summed E-state index contributed by atoms with van der Waals surface area (Å²) in [7, 11) is 0. The average Bonchev–Trinajstić information content (AvgIpc) is 3.25. The maximum Gasteiger partial charge on any atom is 0.264 e. The molecule has 0 unspecified atom stereocenters. The van der Waals surface area contributed by atoms with Crippen LogP contribution in [0.2, 0.25) is 0 Å². The summed E-state index contributed by atoms with van der Waals surface area (Å²) in [4.78, 5) is 19.6. The predicted molar refractivity (Wildman–Crippen MR) is 90.7 cm³/mol. The minimum absolute atomic E-state index is 0.0577. The van der Waals surface area contributed by atoms with Gasteiger partial charge in [0.05, 0.1) is 15.4 Å². The molecule has 4 nitrogen and oxygen atoms in total. The fourth-order valence-electron chi connectivity index (χ4n) is 2.23. The lowest BCUT2D eigenvalue weighted by molar-refractivity contribution is 0.242. The summed E-state index contributed by atoms with van der Waals surface area (Å²) in [6, 6.07) is 7.69. The third-order valence-electron chi connectivity index (χ3n) is 3.33. The van der Waals surface area contributed by atoms with Gasteiger partial charge in [-0.2, -0.15) is 0 Å². The number of nitrogens with one attached hydrogen (secondary N) is 1. The molecule has 2 aromatic rings. The van der Waals surface area contributed by atoms with Crippen molar-refractivity contribution in [1.82, 2.24) is 9.97 Å². The Labute approximate surface area is 137 Å². The Bertz CT molecular complexity index is 720. The van der Waals surface area contributed by atoms with E-state index in [2.05, 4.69) is 32.6 Å². The molecule has 0 spiro atoms. The lowest BCUT2D eigenvalue weighted by Crippen LogP contribution is -2.16. The zero-order valence-electron chi connectivity index (χ0n) is 12.0. The van der Waals surface area contributed by atoms with Gasteiger partial charge in [0.1, 0.15) is 11.6 Å². The van der Waals surface area contributed by atoms with Crippen LogP contribution >= 0.6 is 22.6 Å². The van der Waals surface area contributed by atoms with Gasteiger partial charge in [-0.05, 0) is 61.4 Å². The maximum absolute atomic E-state index is 12.1. The van der Waals surface area contributed by atoms with E-state index in [-0.39, 0.29) is 11.7 Å². The summed E-state index contributed by atoms with van der Waals surface area (Å²) in [6.07, 6.45) is 2.37. The summed E-state index contributed by atoms with van der Waals surface area (Å²) in [6.45, 7) is 3.98. The number of hydrogen-bond donors (Lipinski definition) is 1. The molecule has 0 atom stereocenters. The number of aromatic nitrogens is 2. The maximum atomic E-state index is 12.1. The highest BCUT2D eigenvalue weighted by molar-refractivity contribution is 14.1. The van der Waals surface area contributed by atoms with Crippen LogP contribution in [0.4, 0.5) is 0 Å². The van der Waals surface area contributed by atoms with Crippen molar-refractivity contribution in [2.45, 2.75) is 38.7 Å². The highest BCUT2D eigenvalue weighted by atomic mass is 127. The van der Waals surface area contributed by atoms with Crippen LogP contribution in [-0.2, 0) is 0 Å². The molecule has 0 radical (unpaired) electrons. The molecule has 5 heteroatoms. The van der Waals surface area contributed by atoms with Gasteiger partial charge in [0.25, 0.3) is 5.56 Å². The minimum Gasteiger partial charge on any atom is -0.491 e. The first-order chi connectivity index (χ1) is 10.0. The Balaban J connectivity index is 2.02. The molecule has 21 heavy (non-hydrogen) atoms. The zero-order chi connectivity index (χ0) is 15.0. The smallest absolute Gasteiger partial charge is 0.264 e. The van der Waals surface area contributed by atoms with Crippen LogP contribution in [0.5, 0.6) is 5.75 Å². The minimum atomic E-state index is -0.0577. The van der Waals surface area contributed by atoms with E-state index in [1.165, 1.54) is 0 Å². The normalized spacial score (nSPS) is 14.5. The molecular formula is C16H17IN2O2. The van der Waals surface area contributed by atoms with Gasteiger partial charge < -0.3 is 9.72 Å². The first kappa shape index (κ1) is 14.6. The van der Waals surface area contributed by atoms with Crippen molar-refractivity contribution in [2.75, 3.05) is 0 Å². The van der Waals surface area contributed by atoms with Crippen molar-refractivity contribution in [3.63, 3.8) is 0 Å². The van der Waals surface area contributed by atoms with Crippen LogP contribution in [0.1, 0.15) is 38.3 Å². The van der Waals surface area contributed by atoms with Crippen LogP contribution in [0.25, 0.3) is 11.4 Å². The van der Waals surface area contributed by atoms with E-state index in [0.29, 0.717) is 15.3 Å². The largest absolute Gasteiger partial charge is 0.491 e. The fourth-order valence-corrected chi connectivity index (χ4v) is 2.92. The molecule has 0 amide bonds. The molecule has 1 saturated carbocycles. The Morgan fingerprint density at radius 2 is 2.14 bits per heavy atom. The number of benzene rings is 1. The number of H-pyrrole nitrogens is 1. The lowest BCUT2D eigenvalue weighted by atomic mass is 10.2. The van der Waals surface area contributed by atoms with Crippen molar-refractivity contribution in [3.05, 3.63) is 43.9 Å². The van der Waals surface area contributed by atoms with Crippen LogP contribution < -0.4 is 10.3 Å². The van der Waals surface area contributed by atoms with E-state index in [9.17, 15) is 4.79 Å². The van der Waals surface area contributed by atoms with E-state index in [1.54, 1.807) is 0 Å². The number of rotatable bonds is 4. The first-order valence-electron chi connectivity index (χ1n) is 7.11. The molecule has 0 aliphatic heterocycles. The predicted octanol–water partition coefficient (Wildman–Crippen LogP) is 3.71. The standard InChI is InChI=1S/C16H17IN2O2/c1-9(2)21-12-5-3-4-11(8-12)15-18-14(10-6-7-10)13(17)16(20)19-15/h3-5,8-10H,6-7H2,1-2H3,(H,18,19,20). The Hall–Kier alpha value is -1.37. The van der Waals surface area contributed by atoms with E-state index in [4.69, 9.17) is 4.74 Å². The van der Waals surface area contributed by atoms with Gasteiger partial charge in [-0.3, -0.25) is 4.79 Å². The Morgan fingerprint density at radius 3 is 2.81 bits per heavy atom. The van der Waals surface area contributed by atoms with E-state index in [1.807, 2.05) is 38.1 Å². The monoisotopic (exact) mass is 396 g/mol. The van der Waals surface area contributed by atoms with Crippen molar-refractivity contribution in [2.24, 2.45) is 0 Å². The quantitative estimate of drug-likeness (QED) is 0.802. The highest BCUT2D eigenvalue weighted by Crippen LogP contribution is 2.40. The molecular weight excluding hydrogens is 379 g/mol. The second kappa shape index (κ2) is 5.79. The summed E-state index contributed by atoms with van der Waals surface area (Å²) in [5, 5.41) is 0. The SMILES string of the molecule is CC(C)Oc1cccc(-c2nc(C3CC3)c(I)c(=O)[nH]2)c1. The van der Waals surface area contributed by atoms with E-state index < -0.39 is 0 Å². The second-order valence-electron chi connectivity index (χ2n) is 5.58. The second-order valence-corrected chi connectivity index (χ2v) is 6.66. The zero-order valence-corrected chi connectivity index (χ0v) is 14.2. The highest BCUT2D eigenvalue weighted by Gasteiger charge is 2.29. The fraction of sp³-hybridized carbons (Fsp3) is 0.375. The van der Waals surface area contributed by atoms with E-state index >= 15 is 0 Å². The molecule has 1 aliphatic rings. The molecule has 3 rings (SSSR count). The molecule has 0 bridgehead atoms. The summed E-state index contributed by atoms with van der Waals surface area (Å²) in [5.74, 6) is 1.86. The molecule has 1 N–H and O–H groups in total.